The van der Waals surface area contributed by atoms with Crippen LogP contribution in [0.4, 0.5) is 0 Å². The molecule has 0 radical (unpaired) electrons. The van der Waals surface area contributed by atoms with Gasteiger partial charge in [-0.25, -0.2) is 4.79 Å². The second-order valence-electron chi connectivity index (χ2n) is 6.19. The van der Waals surface area contributed by atoms with Gasteiger partial charge < -0.3 is 0 Å². The molecule has 1 saturated carbocycles. The Morgan fingerprint density at radius 3 is 2.73 bits per heavy atom. The highest BCUT2D eigenvalue weighted by Crippen LogP contribution is 2.52. The highest BCUT2D eigenvalue weighted by atomic mass is 16.2. The van der Waals surface area contributed by atoms with Crippen LogP contribution in [0, 0.1) is 11.8 Å². The van der Waals surface area contributed by atoms with Crippen molar-refractivity contribution in [2.75, 3.05) is 0 Å². The average Bonchev–Trinajstić information content (AvgIpc) is 3.27. The molecule has 0 unspecified atom stereocenters. The van der Waals surface area contributed by atoms with E-state index in [9.17, 15) is 9.59 Å². The Labute approximate surface area is 128 Å². The first-order valence-electron chi connectivity index (χ1n) is 7.70. The number of nitrogens with zero attached hydrogens (tertiary/aromatic N) is 3. The molecule has 2 heterocycles. The predicted molar refractivity (Wildman–Crippen MR) is 83.3 cm³/mol. The molecule has 0 spiro atoms. The van der Waals surface area contributed by atoms with E-state index in [-0.39, 0.29) is 0 Å². The smallest absolute Gasteiger partial charge is 0.274 e. The zero-order valence-electron chi connectivity index (χ0n) is 13.0. The lowest BCUT2D eigenvalue weighted by Crippen LogP contribution is -2.28. The summed E-state index contributed by atoms with van der Waals surface area (Å²) in [5.41, 5.74) is 1.27. The number of aromatic amines is 1. The fourth-order valence-electron chi connectivity index (χ4n) is 3.04. The van der Waals surface area contributed by atoms with Crippen molar-refractivity contribution in [2.24, 2.45) is 11.8 Å². The van der Waals surface area contributed by atoms with Crippen molar-refractivity contribution in [1.29, 1.82) is 0 Å². The van der Waals surface area contributed by atoms with E-state index in [2.05, 4.69) is 36.0 Å². The molecular weight excluding hydrogens is 280 g/mol. The highest BCUT2D eigenvalue weighted by molar-refractivity contribution is 5.36. The first kappa shape index (κ1) is 14.7. The van der Waals surface area contributed by atoms with Gasteiger partial charge in [0, 0.05) is 12.3 Å². The third kappa shape index (κ3) is 2.61. The Balaban J connectivity index is 2.04. The molecule has 6 nitrogen and oxygen atoms in total. The molecule has 116 valence electrons. The van der Waals surface area contributed by atoms with Crippen LogP contribution in [0.1, 0.15) is 44.4 Å². The normalized spacial score (nSPS) is 20.4. The second-order valence-corrected chi connectivity index (χ2v) is 6.19. The van der Waals surface area contributed by atoms with Crippen LogP contribution in [0.5, 0.6) is 0 Å². The molecule has 2 aromatic rings. The highest BCUT2D eigenvalue weighted by Gasteiger charge is 2.41. The van der Waals surface area contributed by atoms with Crippen LogP contribution in [-0.2, 0) is 6.42 Å². The van der Waals surface area contributed by atoms with Crippen molar-refractivity contribution in [1.82, 2.24) is 19.7 Å². The molecule has 0 aromatic carbocycles. The van der Waals surface area contributed by atoms with Crippen molar-refractivity contribution in [2.45, 2.75) is 39.5 Å². The summed E-state index contributed by atoms with van der Waals surface area (Å²) in [6.07, 6.45) is 3.42. The first-order valence-corrected chi connectivity index (χ1v) is 7.70. The van der Waals surface area contributed by atoms with Gasteiger partial charge in [-0.05, 0) is 42.2 Å². The van der Waals surface area contributed by atoms with E-state index >= 15 is 0 Å². The number of hydrogen-bond donors (Lipinski definition) is 1. The topological polar surface area (TPSA) is 80.6 Å². The van der Waals surface area contributed by atoms with Gasteiger partial charge in [0.15, 0.2) is 5.82 Å². The lowest BCUT2D eigenvalue weighted by Gasteiger charge is -2.10. The van der Waals surface area contributed by atoms with Crippen LogP contribution in [0.3, 0.4) is 0 Å². The van der Waals surface area contributed by atoms with E-state index in [0.29, 0.717) is 23.6 Å². The number of rotatable bonds is 4. The summed E-state index contributed by atoms with van der Waals surface area (Å²) in [6, 6.07) is 3.25. The maximum atomic E-state index is 11.9. The van der Waals surface area contributed by atoms with Gasteiger partial charge in [-0.2, -0.15) is 5.10 Å². The fraction of sp³-hybridized carbons (Fsp3) is 0.500. The largest absolute Gasteiger partial charge is 0.334 e. The fourth-order valence-corrected chi connectivity index (χ4v) is 3.04. The van der Waals surface area contributed by atoms with Crippen molar-refractivity contribution in [3.8, 4) is 5.82 Å². The van der Waals surface area contributed by atoms with Crippen LogP contribution in [0.25, 0.3) is 5.82 Å². The molecule has 1 aliphatic rings. The van der Waals surface area contributed by atoms with Gasteiger partial charge in [-0.3, -0.25) is 14.3 Å². The van der Waals surface area contributed by atoms with E-state index < -0.39 is 11.2 Å². The summed E-state index contributed by atoms with van der Waals surface area (Å²) in [5, 5.41) is 8.43. The molecule has 0 amide bonds. The summed E-state index contributed by atoms with van der Waals surface area (Å²) in [4.78, 5) is 25.3. The molecule has 6 heteroatoms. The Morgan fingerprint density at radius 1 is 1.36 bits per heavy atom. The van der Waals surface area contributed by atoms with Crippen molar-refractivity contribution in [3.63, 3.8) is 0 Å². The SMILES string of the molecule is CCc1nnc(-n2ccc(=O)[nH]c2=O)cc1[C@H]1C[C@@H]1C(C)C. The Morgan fingerprint density at radius 2 is 2.14 bits per heavy atom. The van der Waals surface area contributed by atoms with Gasteiger partial charge in [0.2, 0.25) is 0 Å². The third-order valence-electron chi connectivity index (χ3n) is 4.39. The van der Waals surface area contributed by atoms with Crippen molar-refractivity contribution in [3.05, 3.63) is 50.4 Å². The van der Waals surface area contributed by atoms with Gasteiger partial charge in [0.05, 0.1) is 5.69 Å². The average molecular weight is 300 g/mol. The molecule has 3 rings (SSSR count). The summed E-state index contributed by atoms with van der Waals surface area (Å²) in [7, 11) is 0. The number of nitrogens with one attached hydrogen (secondary N) is 1. The zero-order valence-corrected chi connectivity index (χ0v) is 13.0. The van der Waals surface area contributed by atoms with Gasteiger partial charge in [0.1, 0.15) is 0 Å². The minimum atomic E-state index is -0.492. The van der Waals surface area contributed by atoms with Gasteiger partial charge >= 0.3 is 5.69 Å². The lowest BCUT2D eigenvalue weighted by molar-refractivity contribution is 0.547. The summed E-state index contributed by atoms with van der Waals surface area (Å²) >= 11 is 0. The molecular formula is C16H20N4O2. The summed E-state index contributed by atoms with van der Waals surface area (Å²) < 4.78 is 1.32. The van der Waals surface area contributed by atoms with Crippen LogP contribution in [-0.4, -0.2) is 19.7 Å². The summed E-state index contributed by atoms with van der Waals surface area (Å²) in [6.45, 7) is 6.53. The van der Waals surface area contributed by atoms with Crippen LogP contribution >= 0.6 is 0 Å². The standard InChI is InChI=1S/C16H20N4O2/c1-4-13-12(11-7-10(11)9(2)3)8-14(19-18-13)20-6-5-15(21)17-16(20)22/h5-6,8-11H,4,7H2,1-3H3,(H,17,21,22)/t10-,11+/m1/s1. The van der Waals surface area contributed by atoms with E-state index in [1.165, 1.54) is 22.4 Å². The Bertz CT molecular complexity index is 806. The van der Waals surface area contributed by atoms with Crippen LogP contribution in [0.2, 0.25) is 0 Å². The minimum absolute atomic E-state index is 0.415. The molecule has 2 atom stereocenters. The van der Waals surface area contributed by atoms with Gasteiger partial charge in [-0.1, -0.05) is 20.8 Å². The zero-order chi connectivity index (χ0) is 15.9. The quantitative estimate of drug-likeness (QED) is 0.930. The molecule has 1 fully saturated rings. The van der Waals surface area contributed by atoms with Gasteiger partial charge in [0.25, 0.3) is 5.56 Å². The monoisotopic (exact) mass is 300 g/mol. The number of aromatic nitrogens is 4. The lowest BCUT2D eigenvalue weighted by atomic mass is 10.0. The number of hydrogen-bond acceptors (Lipinski definition) is 4. The second kappa shape index (κ2) is 5.51. The van der Waals surface area contributed by atoms with Crippen LogP contribution in [0.15, 0.2) is 27.9 Å². The van der Waals surface area contributed by atoms with Crippen LogP contribution < -0.4 is 11.2 Å². The molecule has 0 saturated heterocycles. The molecule has 1 aliphatic carbocycles. The van der Waals surface area contributed by atoms with E-state index in [1.54, 1.807) is 0 Å². The molecule has 0 bridgehead atoms. The van der Waals surface area contributed by atoms with Gasteiger partial charge in [-0.15, -0.1) is 5.10 Å². The number of H-pyrrole nitrogens is 1. The Kier molecular flexibility index (Phi) is 3.68. The van der Waals surface area contributed by atoms with E-state index in [1.807, 2.05) is 6.07 Å². The van der Waals surface area contributed by atoms with Crippen molar-refractivity contribution >= 4 is 0 Å². The molecule has 1 N–H and O–H groups in total. The maximum Gasteiger partial charge on any atom is 0.334 e. The Hall–Kier alpha value is -2.24. The van der Waals surface area contributed by atoms with E-state index in [0.717, 1.165) is 18.5 Å². The van der Waals surface area contributed by atoms with E-state index in [4.69, 9.17) is 0 Å². The molecule has 0 aliphatic heterocycles. The van der Waals surface area contributed by atoms with Crippen molar-refractivity contribution < 1.29 is 0 Å². The molecule has 2 aromatic heterocycles. The third-order valence-corrected chi connectivity index (χ3v) is 4.39. The number of aryl methyl sites for hydroxylation is 1. The predicted octanol–water partition coefficient (Wildman–Crippen LogP) is 1.64. The minimum Gasteiger partial charge on any atom is -0.274 e. The summed E-state index contributed by atoms with van der Waals surface area (Å²) in [5.74, 6) is 2.28. The molecule has 22 heavy (non-hydrogen) atoms. The maximum absolute atomic E-state index is 11.9. The first-order chi connectivity index (χ1) is 10.5.